The van der Waals surface area contributed by atoms with Crippen LogP contribution in [-0.2, 0) is 23.8 Å². The van der Waals surface area contributed by atoms with Crippen LogP contribution in [0.2, 0.25) is 0 Å². The molecule has 0 aliphatic carbocycles. The molecule has 0 aromatic rings. The number of azide groups is 1. The van der Waals surface area contributed by atoms with Crippen LogP contribution in [0.1, 0.15) is 20.3 Å². The molecule has 1 rings (SSSR count). The van der Waals surface area contributed by atoms with Gasteiger partial charge in [-0.25, -0.2) is 0 Å². The summed E-state index contributed by atoms with van der Waals surface area (Å²) in [6, 6.07) is 0. The average molecular weight is 243 g/mol. The van der Waals surface area contributed by atoms with Crippen molar-refractivity contribution < 1.29 is 23.8 Å². The second kappa shape index (κ2) is 6.07. The largest absolute Gasteiger partial charge is 0.463 e. The van der Waals surface area contributed by atoms with Crippen LogP contribution in [0.15, 0.2) is 5.11 Å². The van der Waals surface area contributed by atoms with Crippen LogP contribution in [-0.4, -0.2) is 37.0 Å². The lowest BCUT2D eigenvalue weighted by Crippen LogP contribution is -2.31. The zero-order valence-corrected chi connectivity index (χ0v) is 9.53. The maximum Gasteiger partial charge on any atom is 0.302 e. The van der Waals surface area contributed by atoms with Crippen molar-refractivity contribution in [1.29, 1.82) is 0 Å². The Bertz CT molecular complexity index is 353. The van der Waals surface area contributed by atoms with Crippen molar-refractivity contribution in [3.05, 3.63) is 10.4 Å². The summed E-state index contributed by atoms with van der Waals surface area (Å²) in [5.41, 5.74) is 8.28. The molecule has 0 amide bonds. The Morgan fingerprint density at radius 3 is 2.71 bits per heavy atom. The lowest BCUT2D eigenvalue weighted by atomic mass is 10.2. The van der Waals surface area contributed by atoms with Gasteiger partial charge < -0.3 is 14.2 Å². The second-order valence-corrected chi connectivity index (χ2v) is 3.52. The van der Waals surface area contributed by atoms with Gasteiger partial charge in [0.1, 0.15) is 25.0 Å². The molecule has 0 radical (unpaired) electrons. The maximum atomic E-state index is 10.9. The van der Waals surface area contributed by atoms with E-state index < -0.39 is 30.4 Å². The van der Waals surface area contributed by atoms with Crippen molar-refractivity contribution in [3.8, 4) is 0 Å². The van der Waals surface area contributed by atoms with Crippen LogP contribution in [0.4, 0.5) is 0 Å². The Hall–Kier alpha value is -1.79. The van der Waals surface area contributed by atoms with E-state index in [1.54, 1.807) is 0 Å². The minimum absolute atomic E-state index is 0.0370. The molecule has 0 unspecified atom stereocenters. The Labute approximate surface area is 97.5 Å². The van der Waals surface area contributed by atoms with Gasteiger partial charge in [0.25, 0.3) is 0 Å². The molecule has 17 heavy (non-hydrogen) atoms. The highest BCUT2D eigenvalue weighted by Crippen LogP contribution is 2.24. The van der Waals surface area contributed by atoms with Crippen molar-refractivity contribution in [1.82, 2.24) is 0 Å². The van der Waals surface area contributed by atoms with E-state index in [-0.39, 0.29) is 13.0 Å². The third-order valence-electron chi connectivity index (χ3n) is 2.13. The van der Waals surface area contributed by atoms with E-state index in [2.05, 4.69) is 10.0 Å². The van der Waals surface area contributed by atoms with Gasteiger partial charge in [-0.05, 0) is 5.53 Å². The monoisotopic (exact) mass is 243 g/mol. The van der Waals surface area contributed by atoms with Gasteiger partial charge in [0.05, 0.1) is 0 Å². The van der Waals surface area contributed by atoms with Crippen molar-refractivity contribution in [2.24, 2.45) is 5.11 Å². The maximum absolute atomic E-state index is 10.9. The standard InChI is InChI=1S/C9H13N3O5/c1-5(13)15-4-8-7(16-6(2)14)3-9(17-8)11-12-10/h7-9H,3-4H2,1-2H3/t7-,8+,9-/m0/s1. The van der Waals surface area contributed by atoms with Gasteiger partial charge in [-0.2, -0.15) is 0 Å². The highest BCUT2D eigenvalue weighted by molar-refractivity contribution is 5.66. The van der Waals surface area contributed by atoms with Gasteiger partial charge in [0.15, 0.2) is 0 Å². The van der Waals surface area contributed by atoms with Gasteiger partial charge in [-0.3, -0.25) is 9.59 Å². The van der Waals surface area contributed by atoms with Gasteiger partial charge in [0.2, 0.25) is 0 Å². The number of carbonyl (C=O) groups excluding carboxylic acids is 2. The summed E-state index contributed by atoms with van der Waals surface area (Å²) >= 11 is 0. The number of nitrogens with zero attached hydrogens (tertiary/aromatic N) is 3. The highest BCUT2D eigenvalue weighted by Gasteiger charge is 2.37. The Balaban J connectivity index is 2.59. The van der Waals surface area contributed by atoms with E-state index in [1.165, 1.54) is 13.8 Å². The normalized spacial score (nSPS) is 27.1. The van der Waals surface area contributed by atoms with Gasteiger partial charge >= 0.3 is 11.9 Å². The number of ether oxygens (including phenoxy) is 3. The number of carbonyl (C=O) groups is 2. The van der Waals surface area contributed by atoms with Crippen molar-refractivity contribution in [2.75, 3.05) is 6.61 Å². The van der Waals surface area contributed by atoms with Crippen molar-refractivity contribution in [2.45, 2.75) is 38.7 Å². The first-order chi connectivity index (χ1) is 8.02. The van der Waals surface area contributed by atoms with Crippen LogP contribution >= 0.6 is 0 Å². The Morgan fingerprint density at radius 2 is 2.18 bits per heavy atom. The molecule has 0 spiro atoms. The molecule has 0 aromatic carbocycles. The van der Waals surface area contributed by atoms with Gasteiger partial charge in [-0.15, -0.1) is 0 Å². The topological polar surface area (TPSA) is 111 Å². The minimum atomic E-state index is -0.704. The molecular formula is C9H13N3O5. The number of hydrogen-bond acceptors (Lipinski definition) is 6. The second-order valence-electron chi connectivity index (χ2n) is 3.52. The van der Waals surface area contributed by atoms with Crippen LogP contribution in [0.25, 0.3) is 10.4 Å². The van der Waals surface area contributed by atoms with Crippen LogP contribution in [0.5, 0.6) is 0 Å². The summed E-state index contributed by atoms with van der Waals surface area (Å²) in [5.74, 6) is -0.921. The van der Waals surface area contributed by atoms with Crippen LogP contribution in [0, 0.1) is 0 Å². The molecule has 1 fully saturated rings. The molecule has 0 aromatic heterocycles. The molecule has 1 saturated heterocycles. The minimum Gasteiger partial charge on any atom is -0.463 e. The lowest BCUT2D eigenvalue weighted by Gasteiger charge is -2.17. The first kappa shape index (κ1) is 13.3. The molecular weight excluding hydrogens is 230 g/mol. The summed E-state index contributed by atoms with van der Waals surface area (Å²) in [7, 11) is 0. The van der Waals surface area contributed by atoms with E-state index in [0.717, 1.165) is 0 Å². The molecule has 1 aliphatic heterocycles. The SMILES string of the molecule is CC(=O)OC[C@H]1O[C@H](N=[N+]=[N-])C[C@@H]1OC(C)=O. The fourth-order valence-electron chi connectivity index (χ4n) is 1.51. The predicted molar refractivity (Wildman–Crippen MR) is 54.6 cm³/mol. The smallest absolute Gasteiger partial charge is 0.302 e. The Kier molecular flexibility index (Phi) is 4.74. The third-order valence-corrected chi connectivity index (χ3v) is 2.13. The molecule has 0 N–H and O–H groups in total. The van der Waals surface area contributed by atoms with Crippen molar-refractivity contribution >= 4 is 11.9 Å². The highest BCUT2D eigenvalue weighted by atomic mass is 16.6. The molecule has 0 bridgehead atoms. The molecule has 1 aliphatic rings. The summed E-state index contributed by atoms with van der Waals surface area (Å²) in [5, 5.41) is 3.39. The average Bonchev–Trinajstić information content (AvgIpc) is 2.57. The predicted octanol–water partition coefficient (Wildman–Crippen LogP) is 0.906. The molecule has 8 nitrogen and oxygen atoms in total. The molecule has 0 saturated carbocycles. The summed E-state index contributed by atoms with van der Waals surface area (Å²) in [4.78, 5) is 24.1. The van der Waals surface area contributed by atoms with E-state index in [9.17, 15) is 9.59 Å². The van der Waals surface area contributed by atoms with Crippen molar-refractivity contribution in [3.63, 3.8) is 0 Å². The molecule has 1 heterocycles. The first-order valence-corrected chi connectivity index (χ1v) is 5.03. The third kappa shape index (κ3) is 4.29. The van der Waals surface area contributed by atoms with E-state index in [1.807, 2.05) is 0 Å². The zero-order chi connectivity index (χ0) is 12.8. The zero-order valence-electron chi connectivity index (χ0n) is 9.53. The summed E-state index contributed by atoms with van der Waals surface area (Å²) in [6.07, 6.45) is -1.61. The molecule has 3 atom stereocenters. The number of rotatable bonds is 4. The van der Waals surface area contributed by atoms with Crippen LogP contribution < -0.4 is 0 Å². The van der Waals surface area contributed by atoms with Gasteiger partial charge in [0, 0.05) is 25.2 Å². The fourth-order valence-corrected chi connectivity index (χ4v) is 1.51. The summed E-state index contributed by atoms with van der Waals surface area (Å²) < 4.78 is 15.1. The quantitative estimate of drug-likeness (QED) is 0.315. The number of esters is 2. The van der Waals surface area contributed by atoms with E-state index in [4.69, 9.17) is 19.7 Å². The lowest BCUT2D eigenvalue weighted by molar-refractivity contribution is -0.154. The van der Waals surface area contributed by atoms with Gasteiger partial charge in [-0.1, -0.05) is 5.11 Å². The Morgan fingerprint density at radius 1 is 1.47 bits per heavy atom. The van der Waals surface area contributed by atoms with E-state index >= 15 is 0 Å². The van der Waals surface area contributed by atoms with E-state index in [0.29, 0.717) is 0 Å². The fraction of sp³-hybridized carbons (Fsp3) is 0.778. The molecule has 94 valence electrons. The first-order valence-electron chi connectivity index (χ1n) is 5.03. The summed E-state index contributed by atoms with van der Waals surface area (Å²) in [6.45, 7) is 2.50. The number of hydrogen-bond donors (Lipinski definition) is 0. The van der Waals surface area contributed by atoms with Crippen LogP contribution in [0.3, 0.4) is 0 Å². The molecule has 8 heteroatoms.